The van der Waals surface area contributed by atoms with Crippen LogP contribution in [0, 0.1) is 11.3 Å². The third-order valence-electron chi connectivity index (χ3n) is 5.31. The highest BCUT2D eigenvalue weighted by Crippen LogP contribution is 2.35. The lowest BCUT2D eigenvalue weighted by Crippen LogP contribution is -2.53. The van der Waals surface area contributed by atoms with Gasteiger partial charge < -0.3 is 15.3 Å². The van der Waals surface area contributed by atoms with E-state index < -0.39 is 0 Å². The number of aliphatic hydroxyl groups excluding tert-OH is 1. The van der Waals surface area contributed by atoms with Crippen molar-refractivity contribution in [3.63, 3.8) is 0 Å². The van der Waals surface area contributed by atoms with Crippen molar-refractivity contribution in [1.29, 1.82) is 0 Å². The van der Waals surface area contributed by atoms with E-state index in [1.54, 1.807) is 0 Å². The van der Waals surface area contributed by atoms with Gasteiger partial charge in [-0.05, 0) is 43.9 Å². The first-order chi connectivity index (χ1) is 9.40. The molecule has 4 nitrogen and oxygen atoms in total. The topological polar surface area (TPSA) is 52.6 Å². The lowest BCUT2D eigenvalue weighted by Gasteiger charge is -2.41. The van der Waals surface area contributed by atoms with Gasteiger partial charge >= 0.3 is 6.03 Å². The summed E-state index contributed by atoms with van der Waals surface area (Å²) < 4.78 is 0. The summed E-state index contributed by atoms with van der Waals surface area (Å²) in [5, 5.41) is 12.9. The Morgan fingerprint density at radius 3 is 2.45 bits per heavy atom. The molecule has 0 radical (unpaired) electrons. The lowest BCUT2D eigenvalue weighted by molar-refractivity contribution is 0.0766. The van der Waals surface area contributed by atoms with Crippen LogP contribution in [-0.4, -0.2) is 41.3 Å². The van der Waals surface area contributed by atoms with Crippen LogP contribution in [0.3, 0.4) is 0 Å². The van der Waals surface area contributed by atoms with E-state index in [0.29, 0.717) is 12.0 Å². The molecule has 0 aromatic heterocycles. The van der Waals surface area contributed by atoms with Gasteiger partial charge in [-0.3, -0.25) is 0 Å². The number of hydrogen-bond donors (Lipinski definition) is 2. The molecule has 2 aliphatic rings. The SMILES string of the molecule is CC(O)C1CCN(C(=O)NC2CCCCC2(C)C)CC1. The summed E-state index contributed by atoms with van der Waals surface area (Å²) in [6, 6.07) is 0.396. The molecular weight excluding hydrogens is 252 g/mol. The second-order valence-corrected chi connectivity index (χ2v) is 7.30. The summed E-state index contributed by atoms with van der Waals surface area (Å²) in [6.45, 7) is 7.92. The highest BCUT2D eigenvalue weighted by atomic mass is 16.3. The quantitative estimate of drug-likeness (QED) is 0.818. The first kappa shape index (κ1) is 15.6. The zero-order valence-electron chi connectivity index (χ0n) is 13.2. The van der Waals surface area contributed by atoms with Crippen molar-refractivity contribution in [3.8, 4) is 0 Å². The number of nitrogens with one attached hydrogen (secondary N) is 1. The molecule has 2 fully saturated rings. The van der Waals surface area contributed by atoms with Gasteiger partial charge in [-0.25, -0.2) is 4.79 Å². The smallest absolute Gasteiger partial charge is 0.317 e. The van der Waals surface area contributed by atoms with Gasteiger partial charge in [0.25, 0.3) is 0 Å². The fourth-order valence-corrected chi connectivity index (χ4v) is 3.59. The van der Waals surface area contributed by atoms with E-state index in [1.807, 2.05) is 11.8 Å². The second-order valence-electron chi connectivity index (χ2n) is 7.30. The van der Waals surface area contributed by atoms with Gasteiger partial charge in [-0.15, -0.1) is 0 Å². The number of rotatable bonds is 2. The predicted octanol–water partition coefficient (Wildman–Crippen LogP) is 2.76. The van der Waals surface area contributed by atoms with Crippen LogP contribution in [0.15, 0.2) is 0 Å². The average molecular weight is 282 g/mol. The van der Waals surface area contributed by atoms with E-state index >= 15 is 0 Å². The van der Waals surface area contributed by atoms with Gasteiger partial charge in [0.2, 0.25) is 0 Å². The molecule has 2 unspecified atom stereocenters. The molecule has 1 aliphatic heterocycles. The monoisotopic (exact) mass is 282 g/mol. The van der Waals surface area contributed by atoms with Crippen molar-refractivity contribution in [3.05, 3.63) is 0 Å². The summed E-state index contributed by atoms with van der Waals surface area (Å²) >= 11 is 0. The zero-order chi connectivity index (χ0) is 14.8. The van der Waals surface area contributed by atoms with Crippen LogP contribution >= 0.6 is 0 Å². The van der Waals surface area contributed by atoms with Crippen LogP contribution in [0.1, 0.15) is 59.3 Å². The van der Waals surface area contributed by atoms with Gasteiger partial charge in [-0.1, -0.05) is 26.7 Å². The van der Waals surface area contributed by atoms with Crippen LogP contribution in [-0.2, 0) is 0 Å². The van der Waals surface area contributed by atoms with Crippen molar-refractivity contribution in [1.82, 2.24) is 10.2 Å². The van der Waals surface area contributed by atoms with E-state index in [1.165, 1.54) is 19.3 Å². The first-order valence-corrected chi connectivity index (χ1v) is 8.13. The van der Waals surface area contributed by atoms with Gasteiger partial charge in [0.15, 0.2) is 0 Å². The van der Waals surface area contributed by atoms with Crippen LogP contribution < -0.4 is 5.32 Å². The highest BCUT2D eigenvalue weighted by Gasteiger charge is 2.34. The highest BCUT2D eigenvalue weighted by molar-refractivity contribution is 5.74. The van der Waals surface area contributed by atoms with Crippen LogP contribution in [0.2, 0.25) is 0 Å². The molecule has 0 aromatic carbocycles. The third kappa shape index (κ3) is 3.66. The number of carbonyl (C=O) groups is 1. The number of nitrogens with zero attached hydrogens (tertiary/aromatic N) is 1. The van der Waals surface area contributed by atoms with Gasteiger partial charge in [0.1, 0.15) is 0 Å². The van der Waals surface area contributed by atoms with Gasteiger partial charge in [0, 0.05) is 19.1 Å². The molecule has 0 aromatic rings. The lowest BCUT2D eigenvalue weighted by atomic mass is 9.73. The summed E-state index contributed by atoms with van der Waals surface area (Å²) in [5.74, 6) is 0.352. The van der Waals surface area contributed by atoms with E-state index in [4.69, 9.17) is 0 Å². The summed E-state index contributed by atoms with van der Waals surface area (Å²) in [4.78, 5) is 14.3. The Morgan fingerprint density at radius 2 is 1.90 bits per heavy atom. The first-order valence-electron chi connectivity index (χ1n) is 8.13. The van der Waals surface area contributed by atoms with Crippen molar-refractivity contribution >= 4 is 6.03 Å². The molecule has 1 heterocycles. The molecule has 2 atom stereocenters. The molecule has 4 heteroatoms. The minimum absolute atomic E-state index is 0.0917. The fourth-order valence-electron chi connectivity index (χ4n) is 3.59. The maximum atomic E-state index is 12.4. The Hall–Kier alpha value is -0.770. The Morgan fingerprint density at radius 1 is 1.25 bits per heavy atom. The van der Waals surface area contributed by atoms with Crippen LogP contribution in [0.25, 0.3) is 0 Å². The number of carbonyl (C=O) groups excluding carboxylic acids is 1. The molecule has 1 saturated heterocycles. The second kappa shape index (κ2) is 6.33. The summed E-state index contributed by atoms with van der Waals surface area (Å²) in [6.07, 6.45) is 6.37. The van der Waals surface area contributed by atoms with Crippen molar-refractivity contribution in [2.75, 3.05) is 13.1 Å². The molecule has 1 saturated carbocycles. The Bertz CT molecular complexity index is 333. The van der Waals surface area contributed by atoms with Gasteiger partial charge in [-0.2, -0.15) is 0 Å². The standard InChI is InChI=1S/C16H30N2O2/c1-12(19)13-7-10-18(11-8-13)15(20)17-14-6-4-5-9-16(14,2)3/h12-14,19H,4-11H2,1-3H3,(H,17,20). The number of urea groups is 1. The number of likely N-dealkylation sites (tertiary alicyclic amines) is 1. The Kier molecular flexibility index (Phi) is 4.95. The number of amides is 2. The van der Waals surface area contributed by atoms with E-state index in [2.05, 4.69) is 19.2 Å². The van der Waals surface area contributed by atoms with E-state index in [0.717, 1.165) is 32.4 Å². The van der Waals surface area contributed by atoms with Crippen molar-refractivity contribution < 1.29 is 9.90 Å². The average Bonchev–Trinajstić information content (AvgIpc) is 2.41. The minimum Gasteiger partial charge on any atom is -0.393 e. The molecule has 116 valence electrons. The van der Waals surface area contributed by atoms with Gasteiger partial charge in [0.05, 0.1) is 6.10 Å². The Labute approximate surface area is 122 Å². The predicted molar refractivity (Wildman–Crippen MR) is 80.5 cm³/mol. The molecule has 2 rings (SSSR count). The van der Waals surface area contributed by atoms with E-state index in [9.17, 15) is 9.90 Å². The number of hydrogen-bond acceptors (Lipinski definition) is 2. The molecule has 2 N–H and O–H groups in total. The molecule has 2 amide bonds. The minimum atomic E-state index is -0.252. The summed E-state index contributed by atoms with van der Waals surface area (Å²) in [5.41, 5.74) is 0.214. The van der Waals surface area contributed by atoms with E-state index in [-0.39, 0.29) is 17.6 Å². The molecular formula is C16H30N2O2. The van der Waals surface area contributed by atoms with Crippen LogP contribution in [0.5, 0.6) is 0 Å². The molecule has 1 aliphatic carbocycles. The fraction of sp³-hybridized carbons (Fsp3) is 0.938. The Balaban J connectivity index is 1.83. The molecule has 0 spiro atoms. The summed E-state index contributed by atoms with van der Waals surface area (Å²) in [7, 11) is 0. The van der Waals surface area contributed by atoms with Crippen molar-refractivity contribution in [2.45, 2.75) is 71.4 Å². The van der Waals surface area contributed by atoms with Crippen LogP contribution in [0.4, 0.5) is 4.79 Å². The maximum absolute atomic E-state index is 12.4. The number of piperidine rings is 1. The molecule has 20 heavy (non-hydrogen) atoms. The maximum Gasteiger partial charge on any atom is 0.317 e. The van der Waals surface area contributed by atoms with Crippen molar-refractivity contribution in [2.24, 2.45) is 11.3 Å². The number of aliphatic hydroxyl groups is 1. The largest absolute Gasteiger partial charge is 0.393 e. The normalized spacial score (nSPS) is 29.0. The molecule has 0 bridgehead atoms. The zero-order valence-corrected chi connectivity index (χ0v) is 13.2. The third-order valence-corrected chi connectivity index (χ3v) is 5.31.